The minimum absolute atomic E-state index is 0.175. The smallest absolute Gasteiger partial charge is 0.414 e. The first-order valence-corrected chi connectivity index (χ1v) is 7.15. The Morgan fingerprint density at radius 1 is 1.04 bits per heavy atom. The molecule has 0 heterocycles. The Labute approximate surface area is 134 Å². The summed E-state index contributed by atoms with van der Waals surface area (Å²) in [6, 6.07) is 7.68. The second-order valence-corrected chi connectivity index (χ2v) is 4.17. The van der Waals surface area contributed by atoms with Crippen LogP contribution in [0.15, 0.2) is 24.3 Å². The molecule has 0 fully saturated rings. The van der Waals surface area contributed by atoms with Gasteiger partial charge in [0.15, 0.2) is 11.5 Å². The molecule has 0 bridgehead atoms. The van der Waals surface area contributed by atoms with Gasteiger partial charge in [-0.05, 0) is 32.0 Å². The van der Waals surface area contributed by atoms with Crippen molar-refractivity contribution in [1.82, 2.24) is 5.32 Å². The number of para-hydroxylation sites is 2. The molecule has 0 saturated heterocycles. The van der Waals surface area contributed by atoms with Crippen molar-refractivity contribution in [3.63, 3.8) is 0 Å². The van der Waals surface area contributed by atoms with Gasteiger partial charge < -0.3 is 30.1 Å². The van der Waals surface area contributed by atoms with Gasteiger partial charge in [0.05, 0.1) is 19.8 Å². The highest BCUT2D eigenvalue weighted by atomic mass is 16.5. The number of rotatable bonds is 9. The molecule has 0 saturated carbocycles. The van der Waals surface area contributed by atoms with Gasteiger partial charge in [-0.25, -0.2) is 9.59 Å². The lowest BCUT2D eigenvalue weighted by Crippen LogP contribution is -2.20. The molecule has 0 aliphatic carbocycles. The third-order valence-electron chi connectivity index (χ3n) is 2.38. The molecule has 1 rings (SSSR count). The minimum atomic E-state index is -1.82. The first kappa shape index (κ1) is 20.7. The Morgan fingerprint density at radius 2 is 1.61 bits per heavy atom. The second kappa shape index (κ2) is 13.4. The van der Waals surface area contributed by atoms with E-state index in [-0.39, 0.29) is 6.61 Å². The molecule has 4 N–H and O–H groups in total. The number of carboxylic acids is 2. The lowest BCUT2D eigenvalue weighted by atomic mass is 10.3. The fraction of sp³-hybridized carbons (Fsp3) is 0.467. The third-order valence-corrected chi connectivity index (χ3v) is 2.38. The molecule has 0 aliphatic heterocycles. The number of aliphatic hydroxyl groups is 1. The first-order valence-electron chi connectivity index (χ1n) is 7.15. The minimum Gasteiger partial charge on any atom is -0.490 e. The highest BCUT2D eigenvalue weighted by Gasteiger charge is 2.04. The number of benzene rings is 1. The summed E-state index contributed by atoms with van der Waals surface area (Å²) in [5.41, 5.74) is 0. The maximum Gasteiger partial charge on any atom is 0.414 e. The summed E-state index contributed by atoms with van der Waals surface area (Å²) in [5.74, 6) is -2.07. The molecule has 23 heavy (non-hydrogen) atoms. The summed E-state index contributed by atoms with van der Waals surface area (Å²) in [6.07, 6.45) is 0.903. The number of carbonyl (C=O) groups is 2. The van der Waals surface area contributed by atoms with Gasteiger partial charge in [-0.3, -0.25) is 0 Å². The van der Waals surface area contributed by atoms with Crippen molar-refractivity contribution in [2.75, 3.05) is 32.9 Å². The molecule has 0 aliphatic rings. The Kier molecular flexibility index (Phi) is 12.0. The standard InChI is InChI=1S/C13H21NO3.C2H2O4/c1-2-16-12-6-3-4-7-13(12)17-11-5-8-14-9-10-15;3-1(4)2(5)6/h3-4,6-7,14-15H,2,5,8-11H2,1H3;(H,3,4)(H,5,6). The lowest BCUT2D eigenvalue weighted by molar-refractivity contribution is -0.159. The Bertz CT molecular complexity index is 453. The van der Waals surface area contributed by atoms with E-state index in [0.717, 1.165) is 24.5 Å². The molecule has 8 heteroatoms. The number of aliphatic hydroxyl groups excluding tert-OH is 1. The van der Waals surface area contributed by atoms with Crippen LogP contribution >= 0.6 is 0 Å². The van der Waals surface area contributed by atoms with E-state index < -0.39 is 11.9 Å². The van der Waals surface area contributed by atoms with Gasteiger partial charge >= 0.3 is 11.9 Å². The van der Waals surface area contributed by atoms with E-state index in [1.165, 1.54) is 0 Å². The quantitative estimate of drug-likeness (QED) is 0.383. The normalized spacial score (nSPS) is 9.48. The average Bonchev–Trinajstić information content (AvgIpc) is 2.53. The number of hydrogen-bond donors (Lipinski definition) is 4. The second-order valence-electron chi connectivity index (χ2n) is 4.17. The zero-order valence-corrected chi connectivity index (χ0v) is 13.0. The van der Waals surface area contributed by atoms with Crippen molar-refractivity contribution in [3.8, 4) is 11.5 Å². The van der Waals surface area contributed by atoms with Crippen LogP contribution in [0.4, 0.5) is 0 Å². The van der Waals surface area contributed by atoms with Crippen LogP contribution in [0.1, 0.15) is 13.3 Å². The number of ether oxygens (including phenoxy) is 2. The van der Waals surface area contributed by atoms with Crippen molar-refractivity contribution in [3.05, 3.63) is 24.3 Å². The molecular formula is C15H23NO7. The van der Waals surface area contributed by atoms with Gasteiger partial charge in [-0.1, -0.05) is 12.1 Å². The SMILES string of the molecule is CCOc1ccccc1OCCCNCCO.O=C(O)C(=O)O. The van der Waals surface area contributed by atoms with Crippen LogP contribution in [-0.4, -0.2) is 60.2 Å². The highest BCUT2D eigenvalue weighted by molar-refractivity contribution is 6.27. The fourth-order valence-corrected chi connectivity index (χ4v) is 1.43. The van der Waals surface area contributed by atoms with Crippen LogP contribution in [-0.2, 0) is 9.59 Å². The van der Waals surface area contributed by atoms with Gasteiger partial charge in [0.1, 0.15) is 0 Å². The van der Waals surface area contributed by atoms with Crippen LogP contribution in [0.25, 0.3) is 0 Å². The largest absolute Gasteiger partial charge is 0.490 e. The molecule has 0 radical (unpaired) electrons. The fourth-order valence-electron chi connectivity index (χ4n) is 1.43. The summed E-state index contributed by atoms with van der Waals surface area (Å²) in [7, 11) is 0. The molecule has 0 unspecified atom stereocenters. The molecule has 0 aromatic heterocycles. The van der Waals surface area contributed by atoms with Crippen molar-refractivity contribution < 1.29 is 34.4 Å². The lowest BCUT2D eigenvalue weighted by Gasteiger charge is -2.11. The molecule has 130 valence electrons. The number of carboxylic acid groups (broad SMARTS) is 2. The molecule has 0 amide bonds. The van der Waals surface area contributed by atoms with Gasteiger partial charge in [0.25, 0.3) is 0 Å². The first-order chi connectivity index (χ1) is 11.0. The number of nitrogens with one attached hydrogen (secondary N) is 1. The number of aliphatic carboxylic acids is 2. The summed E-state index contributed by atoms with van der Waals surface area (Å²) >= 11 is 0. The maximum atomic E-state index is 9.10. The van der Waals surface area contributed by atoms with E-state index in [0.29, 0.717) is 19.8 Å². The van der Waals surface area contributed by atoms with Crippen LogP contribution in [0.2, 0.25) is 0 Å². The van der Waals surface area contributed by atoms with E-state index in [4.69, 9.17) is 34.4 Å². The Balaban J connectivity index is 0.000000688. The summed E-state index contributed by atoms with van der Waals surface area (Å²) in [6.45, 7) is 4.89. The van der Waals surface area contributed by atoms with Crippen LogP contribution < -0.4 is 14.8 Å². The molecule has 0 atom stereocenters. The number of hydrogen-bond acceptors (Lipinski definition) is 6. The van der Waals surface area contributed by atoms with Crippen molar-refractivity contribution in [2.45, 2.75) is 13.3 Å². The van der Waals surface area contributed by atoms with Gasteiger partial charge in [-0.15, -0.1) is 0 Å². The predicted molar refractivity (Wildman–Crippen MR) is 83.0 cm³/mol. The van der Waals surface area contributed by atoms with Crippen molar-refractivity contribution in [2.24, 2.45) is 0 Å². The van der Waals surface area contributed by atoms with E-state index in [1.54, 1.807) is 0 Å². The van der Waals surface area contributed by atoms with E-state index in [2.05, 4.69) is 5.32 Å². The molecular weight excluding hydrogens is 306 g/mol. The summed E-state index contributed by atoms with van der Waals surface area (Å²) < 4.78 is 11.1. The van der Waals surface area contributed by atoms with Gasteiger partial charge in [-0.2, -0.15) is 0 Å². The topological polar surface area (TPSA) is 125 Å². The van der Waals surface area contributed by atoms with Crippen molar-refractivity contribution in [1.29, 1.82) is 0 Å². The maximum absolute atomic E-state index is 9.10. The van der Waals surface area contributed by atoms with Crippen LogP contribution in [0.3, 0.4) is 0 Å². The van der Waals surface area contributed by atoms with Gasteiger partial charge in [0, 0.05) is 6.54 Å². The zero-order chi connectivity index (χ0) is 17.5. The molecule has 1 aromatic carbocycles. The van der Waals surface area contributed by atoms with E-state index in [9.17, 15) is 0 Å². The molecule has 1 aromatic rings. The highest BCUT2D eigenvalue weighted by Crippen LogP contribution is 2.26. The van der Waals surface area contributed by atoms with Crippen LogP contribution in [0, 0.1) is 0 Å². The monoisotopic (exact) mass is 329 g/mol. The Hall–Kier alpha value is -2.32. The molecule has 0 spiro atoms. The van der Waals surface area contributed by atoms with Crippen LogP contribution in [0.5, 0.6) is 11.5 Å². The summed E-state index contributed by atoms with van der Waals surface area (Å²) in [5, 5.41) is 26.5. The van der Waals surface area contributed by atoms with E-state index >= 15 is 0 Å². The van der Waals surface area contributed by atoms with Crippen molar-refractivity contribution >= 4 is 11.9 Å². The summed E-state index contributed by atoms with van der Waals surface area (Å²) in [4.78, 5) is 18.2. The third kappa shape index (κ3) is 11.0. The molecule has 8 nitrogen and oxygen atoms in total. The van der Waals surface area contributed by atoms with E-state index in [1.807, 2.05) is 31.2 Å². The average molecular weight is 329 g/mol. The Morgan fingerprint density at radius 3 is 2.09 bits per heavy atom. The van der Waals surface area contributed by atoms with Gasteiger partial charge in [0.2, 0.25) is 0 Å². The predicted octanol–water partition coefficient (Wildman–Crippen LogP) is 0.592. The zero-order valence-electron chi connectivity index (χ0n) is 13.0.